The van der Waals surface area contributed by atoms with Crippen molar-refractivity contribution in [3.63, 3.8) is 0 Å². The summed E-state index contributed by atoms with van der Waals surface area (Å²) in [7, 11) is 0. The van der Waals surface area contributed by atoms with Gasteiger partial charge in [0.15, 0.2) is 11.5 Å². The molecule has 35 heavy (non-hydrogen) atoms. The minimum Gasteiger partial charge on any atom is -0.486 e. The van der Waals surface area contributed by atoms with E-state index in [0.29, 0.717) is 36.3 Å². The van der Waals surface area contributed by atoms with E-state index in [4.69, 9.17) is 10.5 Å². The minimum absolute atomic E-state index is 0.0518. The molecule has 0 aromatic heterocycles. The first kappa shape index (κ1) is 24.2. The maximum absolute atomic E-state index is 17.2. The third-order valence-electron chi connectivity index (χ3n) is 9.90. The lowest BCUT2D eigenvalue weighted by atomic mass is 9.44. The van der Waals surface area contributed by atoms with Crippen molar-refractivity contribution < 1.29 is 28.9 Å². The van der Waals surface area contributed by atoms with Crippen molar-refractivity contribution in [2.45, 2.75) is 63.8 Å². The molecule has 8 atom stereocenters. The zero-order valence-corrected chi connectivity index (χ0v) is 20.5. The molecule has 0 unspecified atom stereocenters. The molecule has 0 spiro atoms. The molecule has 0 heterocycles. The van der Waals surface area contributed by atoms with Crippen molar-refractivity contribution in [3.05, 3.63) is 48.1 Å². The van der Waals surface area contributed by atoms with Gasteiger partial charge in [0.2, 0.25) is 5.78 Å². The molecule has 188 valence electrons. The fraction of sp³-hybridized carbons (Fsp3) is 0.571. The van der Waals surface area contributed by atoms with Crippen molar-refractivity contribution in [2.24, 2.45) is 28.6 Å². The lowest BCUT2D eigenvalue weighted by Crippen LogP contribution is -2.69. The molecule has 0 saturated heterocycles. The quantitative estimate of drug-likeness (QED) is 0.565. The van der Waals surface area contributed by atoms with Gasteiger partial charge in [0.05, 0.1) is 6.10 Å². The number of ether oxygens (including phenoxy) is 1. The Balaban J connectivity index is 1.47. The zero-order valence-electron chi connectivity index (χ0n) is 20.5. The number of anilines is 1. The molecule has 4 aliphatic rings. The number of rotatable bonds is 4. The van der Waals surface area contributed by atoms with Crippen molar-refractivity contribution >= 4 is 17.3 Å². The van der Waals surface area contributed by atoms with Crippen LogP contribution in [0.1, 0.15) is 46.5 Å². The van der Waals surface area contributed by atoms with E-state index in [2.05, 4.69) is 0 Å². The number of alkyl halides is 1. The first-order chi connectivity index (χ1) is 16.4. The first-order valence-electron chi connectivity index (χ1n) is 12.4. The van der Waals surface area contributed by atoms with Gasteiger partial charge in [-0.25, -0.2) is 4.39 Å². The summed E-state index contributed by atoms with van der Waals surface area (Å²) in [5.74, 6) is -1.45. The minimum atomic E-state index is -1.99. The number of ketones is 2. The first-order valence-corrected chi connectivity index (χ1v) is 12.4. The van der Waals surface area contributed by atoms with Gasteiger partial charge in [-0.2, -0.15) is 0 Å². The molecule has 4 N–H and O–H groups in total. The molecule has 5 rings (SSSR count). The van der Waals surface area contributed by atoms with Gasteiger partial charge in [-0.15, -0.1) is 0 Å². The molecule has 6 nitrogen and oxygen atoms in total. The van der Waals surface area contributed by atoms with Gasteiger partial charge in [0, 0.05) is 22.4 Å². The fourth-order valence-electron chi connectivity index (χ4n) is 7.96. The van der Waals surface area contributed by atoms with Crippen LogP contribution in [0.2, 0.25) is 0 Å². The van der Waals surface area contributed by atoms with Gasteiger partial charge in [0.25, 0.3) is 0 Å². The lowest BCUT2D eigenvalue weighted by molar-refractivity contribution is -0.219. The van der Waals surface area contributed by atoms with E-state index in [1.807, 2.05) is 13.8 Å². The highest BCUT2D eigenvalue weighted by Gasteiger charge is 2.75. The van der Waals surface area contributed by atoms with Crippen LogP contribution < -0.4 is 10.5 Å². The second-order valence-corrected chi connectivity index (χ2v) is 11.4. The molecule has 4 aliphatic carbocycles. The summed E-state index contributed by atoms with van der Waals surface area (Å²) < 4.78 is 22.9. The number of carbonyl (C=O) groups excluding carboxylic acids is 2. The molecule has 3 saturated carbocycles. The third kappa shape index (κ3) is 3.07. The number of hydrogen-bond donors (Lipinski definition) is 3. The molecule has 0 aliphatic heterocycles. The number of allylic oxidation sites excluding steroid dienone is 4. The maximum Gasteiger partial charge on any atom is 0.202 e. The number of nitrogen functional groups attached to an aromatic ring is 1. The highest BCUT2D eigenvalue weighted by Crippen LogP contribution is 2.70. The van der Waals surface area contributed by atoms with Crippen LogP contribution in [0.5, 0.6) is 5.75 Å². The molecule has 0 bridgehead atoms. The number of aliphatic hydroxyl groups is 2. The zero-order chi connectivity index (χ0) is 25.4. The lowest BCUT2D eigenvalue weighted by Gasteiger charge is -2.62. The van der Waals surface area contributed by atoms with E-state index in [9.17, 15) is 19.8 Å². The number of hydrogen-bond acceptors (Lipinski definition) is 6. The standard InChI is InChI=1S/C28H34FNO5/c1-16-12-22-21-9-4-17-13-19(31)10-11-25(17,2)27(21,29)23(32)14-26(22,3)28(16,34)24(33)15-35-20-7-5-18(30)6-8-20/h5-8,10-11,13,16,21-23,32,34H,4,9,12,14-15,30H2,1-3H3/t16-,21+,22+,23+,25+,26+,27+,28+/m1/s1. The topological polar surface area (TPSA) is 110 Å². The van der Waals surface area contributed by atoms with Crippen molar-refractivity contribution in [3.8, 4) is 5.75 Å². The number of nitrogens with two attached hydrogens (primary N) is 1. The number of aliphatic hydroxyl groups excluding tert-OH is 1. The summed E-state index contributed by atoms with van der Waals surface area (Å²) in [6, 6.07) is 6.66. The highest BCUT2D eigenvalue weighted by molar-refractivity contribution is 6.01. The average Bonchev–Trinajstić information content (AvgIpc) is 3.01. The summed E-state index contributed by atoms with van der Waals surface area (Å²) in [6.45, 7) is 5.07. The Morgan fingerprint density at radius 3 is 2.60 bits per heavy atom. The van der Waals surface area contributed by atoms with Crippen LogP contribution in [0.4, 0.5) is 10.1 Å². The Bertz CT molecular complexity index is 1130. The van der Waals surface area contributed by atoms with Gasteiger partial charge in [-0.1, -0.05) is 25.5 Å². The molecular weight excluding hydrogens is 449 g/mol. The smallest absolute Gasteiger partial charge is 0.202 e. The van der Waals surface area contributed by atoms with Crippen LogP contribution in [-0.4, -0.2) is 45.8 Å². The molecule has 3 fully saturated rings. The summed E-state index contributed by atoms with van der Waals surface area (Å²) >= 11 is 0. The molecule has 7 heteroatoms. The van der Waals surface area contributed by atoms with Crippen LogP contribution in [-0.2, 0) is 9.59 Å². The van der Waals surface area contributed by atoms with Crippen LogP contribution in [0, 0.1) is 28.6 Å². The van der Waals surface area contributed by atoms with Gasteiger partial charge < -0.3 is 20.7 Å². The SMILES string of the molecule is C[C@@H]1C[C@H]2[C@@H]3CCC4=CC(=O)C=C[C@]4(C)[C@@]3(F)[C@@H](O)C[C@]2(C)[C@@]1(O)C(=O)COc1ccc(N)cc1. The summed E-state index contributed by atoms with van der Waals surface area (Å²) in [5, 5.41) is 23.4. The molecular formula is C28H34FNO5. The molecule has 1 aromatic carbocycles. The number of fused-ring (bicyclic) bond motifs is 5. The van der Waals surface area contributed by atoms with Crippen LogP contribution >= 0.6 is 0 Å². The second-order valence-electron chi connectivity index (χ2n) is 11.4. The number of Topliss-reactive ketones (excluding diaryl/α,β-unsaturated/α-hetero) is 1. The number of halogens is 1. The van der Waals surface area contributed by atoms with Crippen LogP contribution in [0.3, 0.4) is 0 Å². The maximum atomic E-state index is 17.2. The Kier molecular flexibility index (Phi) is 5.35. The van der Waals surface area contributed by atoms with Crippen molar-refractivity contribution in [2.75, 3.05) is 12.3 Å². The van der Waals surface area contributed by atoms with Crippen molar-refractivity contribution in [1.29, 1.82) is 0 Å². The van der Waals surface area contributed by atoms with E-state index in [1.165, 1.54) is 12.2 Å². The average molecular weight is 484 g/mol. The van der Waals surface area contributed by atoms with Gasteiger partial charge in [-0.05, 0) is 80.9 Å². The monoisotopic (exact) mass is 483 g/mol. The van der Waals surface area contributed by atoms with Gasteiger partial charge >= 0.3 is 0 Å². The van der Waals surface area contributed by atoms with Gasteiger partial charge in [0.1, 0.15) is 18.0 Å². The van der Waals surface area contributed by atoms with Gasteiger partial charge in [-0.3, -0.25) is 9.59 Å². The third-order valence-corrected chi connectivity index (χ3v) is 9.90. The van der Waals surface area contributed by atoms with E-state index >= 15 is 4.39 Å². The highest BCUT2D eigenvalue weighted by atomic mass is 19.1. The van der Waals surface area contributed by atoms with E-state index in [-0.39, 0.29) is 24.7 Å². The number of carbonyl (C=O) groups is 2. The Labute approximate surface area is 205 Å². The second kappa shape index (κ2) is 7.74. The Hall–Kier alpha value is -2.51. The number of benzene rings is 1. The molecule has 1 aromatic rings. The molecule has 0 radical (unpaired) electrons. The van der Waals surface area contributed by atoms with E-state index in [1.54, 1.807) is 37.3 Å². The largest absolute Gasteiger partial charge is 0.486 e. The van der Waals surface area contributed by atoms with Crippen LogP contribution in [0.15, 0.2) is 48.1 Å². The van der Waals surface area contributed by atoms with E-state index < -0.39 is 45.8 Å². The predicted octanol–water partition coefficient (Wildman–Crippen LogP) is 3.56. The summed E-state index contributed by atoms with van der Waals surface area (Å²) in [5.41, 5.74) is 1.12. The Morgan fingerprint density at radius 1 is 1.23 bits per heavy atom. The van der Waals surface area contributed by atoms with Crippen molar-refractivity contribution in [1.82, 2.24) is 0 Å². The van der Waals surface area contributed by atoms with E-state index in [0.717, 1.165) is 0 Å². The molecule has 0 amide bonds. The fourth-order valence-corrected chi connectivity index (χ4v) is 7.96. The Morgan fingerprint density at radius 2 is 1.91 bits per heavy atom. The summed E-state index contributed by atoms with van der Waals surface area (Å²) in [4.78, 5) is 25.5. The summed E-state index contributed by atoms with van der Waals surface area (Å²) in [6.07, 6.45) is 4.52. The predicted molar refractivity (Wildman–Crippen MR) is 129 cm³/mol. The van der Waals surface area contributed by atoms with Crippen LogP contribution in [0.25, 0.3) is 0 Å². The normalized spacial score (nSPS) is 44.2.